The highest BCUT2D eigenvalue weighted by molar-refractivity contribution is 5.40. The zero-order chi connectivity index (χ0) is 8.39. The standard InChI is InChI=1S/C8H10N4/c1-11-4-5-12(7-11)8-6-9-2-3-10-8/h2-6H,7H2,1H3. The van der Waals surface area contributed by atoms with Gasteiger partial charge in [0.25, 0.3) is 0 Å². The lowest BCUT2D eigenvalue weighted by Gasteiger charge is -2.15. The Morgan fingerprint density at radius 2 is 2.25 bits per heavy atom. The fraction of sp³-hybridized carbons (Fsp3) is 0.250. The van der Waals surface area contributed by atoms with E-state index < -0.39 is 0 Å². The highest BCUT2D eigenvalue weighted by Crippen LogP contribution is 2.12. The minimum atomic E-state index is 0.846. The third kappa shape index (κ3) is 1.23. The van der Waals surface area contributed by atoms with Crippen LogP contribution in [-0.2, 0) is 0 Å². The van der Waals surface area contributed by atoms with E-state index in [1.807, 2.05) is 24.3 Å². The van der Waals surface area contributed by atoms with E-state index in [1.54, 1.807) is 18.6 Å². The maximum Gasteiger partial charge on any atom is 0.152 e. The first-order valence-electron chi connectivity index (χ1n) is 3.77. The van der Waals surface area contributed by atoms with E-state index in [0.717, 1.165) is 12.5 Å². The van der Waals surface area contributed by atoms with Gasteiger partial charge in [-0.3, -0.25) is 4.98 Å². The zero-order valence-electron chi connectivity index (χ0n) is 6.88. The molecule has 1 aliphatic heterocycles. The normalized spacial score (nSPS) is 15.8. The quantitative estimate of drug-likeness (QED) is 0.607. The van der Waals surface area contributed by atoms with Crippen molar-refractivity contribution in [2.75, 3.05) is 18.6 Å². The Morgan fingerprint density at radius 1 is 1.33 bits per heavy atom. The Kier molecular flexibility index (Phi) is 1.66. The first-order chi connectivity index (χ1) is 5.86. The van der Waals surface area contributed by atoms with Gasteiger partial charge < -0.3 is 9.80 Å². The SMILES string of the molecule is CN1C=CN(c2cnccn2)C1. The van der Waals surface area contributed by atoms with Crippen LogP contribution in [0.3, 0.4) is 0 Å². The van der Waals surface area contributed by atoms with Gasteiger partial charge in [-0.2, -0.15) is 0 Å². The Bertz CT molecular complexity index is 282. The smallest absolute Gasteiger partial charge is 0.152 e. The molecular formula is C8H10N4. The van der Waals surface area contributed by atoms with Gasteiger partial charge in [-0.05, 0) is 0 Å². The number of hydrogen-bond donors (Lipinski definition) is 0. The molecule has 4 nitrogen and oxygen atoms in total. The minimum Gasteiger partial charge on any atom is -0.361 e. The number of rotatable bonds is 1. The molecule has 0 spiro atoms. The van der Waals surface area contributed by atoms with Crippen molar-refractivity contribution in [1.29, 1.82) is 0 Å². The summed E-state index contributed by atoms with van der Waals surface area (Å²) in [4.78, 5) is 12.3. The number of aromatic nitrogens is 2. The summed E-state index contributed by atoms with van der Waals surface area (Å²) in [7, 11) is 2.02. The molecule has 0 aromatic carbocycles. The summed E-state index contributed by atoms with van der Waals surface area (Å²) in [5.41, 5.74) is 0. The predicted octanol–water partition coefficient (Wildman–Crippen LogP) is 0.657. The van der Waals surface area contributed by atoms with Crippen LogP contribution >= 0.6 is 0 Å². The molecule has 0 radical (unpaired) electrons. The molecular weight excluding hydrogens is 152 g/mol. The summed E-state index contributed by atoms with van der Waals surface area (Å²) < 4.78 is 0. The molecule has 0 bridgehead atoms. The second-order valence-electron chi connectivity index (χ2n) is 2.73. The Morgan fingerprint density at radius 3 is 2.83 bits per heavy atom. The van der Waals surface area contributed by atoms with Gasteiger partial charge in [0.1, 0.15) is 0 Å². The molecule has 0 saturated carbocycles. The van der Waals surface area contributed by atoms with Crippen LogP contribution in [0, 0.1) is 0 Å². The Labute approximate surface area is 71.2 Å². The van der Waals surface area contributed by atoms with E-state index in [4.69, 9.17) is 0 Å². The summed E-state index contributed by atoms with van der Waals surface area (Å²) in [6.07, 6.45) is 9.12. The Balaban J connectivity index is 2.18. The van der Waals surface area contributed by atoms with E-state index in [2.05, 4.69) is 14.9 Å². The third-order valence-corrected chi connectivity index (χ3v) is 1.72. The Hall–Kier alpha value is -1.58. The number of nitrogens with zero attached hydrogens (tertiary/aromatic N) is 4. The van der Waals surface area contributed by atoms with Gasteiger partial charge in [0, 0.05) is 31.8 Å². The van der Waals surface area contributed by atoms with Crippen molar-refractivity contribution in [2.45, 2.75) is 0 Å². The summed E-state index contributed by atoms with van der Waals surface area (Å²) in [5, 5.41) is 0. The van der Waals surface area contributed by atoms with Gasteiger partial charge >= 0.3 is 0 Å². The van der Waals surface area contributed by atoms with Crippen molar-refractivity contribution >= 4 is 5.82 Å². The molecule has 0 N–H and O–H groups in total. The first-order valence-corrected chi connectivity index (χ1v) is 3.77. The van der Waals surface area contributed by atoms with E-state index in [0.29, 0.717) is 0 Å². The van der Waals surface area contributed by atoms with Gasteiger partial charge in [-0.25, -0.2) is 4.98 Å². The third-order valence-electron chi connectivity index (χ3n) is 1.72. The van der Waals surface area contributed by atoms with Gasteiger partial charge in [-0.15, -0.1) is 0 Å². The topological polar surface area (TPSA) is 32.3 Å². The molecule has 0 unspecified atom stereocenters. The largest absolute Gasteiger partial charge is 0.361 e. The second kappa shape index (κ2) is 2.81. The summed E-state index contributed by atoms with van der Waals surface area (Å²) in [5.74, 6) is 0.887. The monoisotopic (exact) mass is 162 g/mol. The summed E-state index contributed by atoms with van der Waals surface area (Å²) in [6, 6.07) is 0. The van der Waals surface area contributed by atoms with Crippen molar-refractivity contribution < 1.29 is 0 Å². The molecule has 62 valence electrons. The zero-order valence-corrected chi connectivity index (χ0v) is 6.88. The van der Waals surface area contributed by atoms with E-state index in [1.165, 1.54) is 0 Å². The van der Waals surface area contributed by atoms with Crippen LogP contribution in [0.25, 0.3) is 0 Å². The summed E-state index contributed by atoms with van der Waals surface area (Å²) >= 11 is 0. The van der Waals surface area contributed by atoms with Crippen LogP contribution in [0.2, 0.25) is 0 Å². The minimum absolute atomic E-state index is 0.846. The van der Waals surface area contributed by atoms with Crippen LogP contribution in [0.5, 0.6) is 0 Å². The highest BCUT2D eigenvalue weighted by atomic mass is 15.3. The molecule has 0 aliphatic carbocycles. The lowest BCUT2D eigenvalue weighted by molar-refractivity contribution is 0.494. The first kappa shape index (κ1) is 7.09. The average molecular weight is 162 g/mol. The average Bonchev–Trinajstić information content (AvgIpc) is 2.54. The van der Waals surface area contributed by atoms with E-state index in [-0.39, 0.29) is 0 Å². The van der Waals surface area contributed by atoms with Crippen molar-refractivity contribution in [2.24, 2.45) is 0 Å². The molecule has 2 rings (SSSR count). The van der Waals surface area contributed by atoms with Crippen molar-refractivity contribution in [3.05, 3.63) is 31.0 Å². The maximum absolute atomic E-state index is 4.18. The van der Waals surface area contributed by atoms with Crippen molar-refractivity contribution in [3.8, 4) is 0 Å². The van der Waals surface area contributed by atoms with E-state index >= 15 is 0 Å². The van der Waals surface area contributed by atoms with Crippen molar-refractivity contribution in [3.63, 3.8) is 0 Å². The molecule has 0 atom stereocenters. The molecule has 1 aliphatic rings. The lowest BCUT2D eigenvalue weighted by Crippen LogP contribution is -2.22. The van der Waals surface area contributed by atoms with Gasteiger partial charge in [-0.1, -0.05) is 0 Å². The molecule has 1 aromatic heterocycles. The molecule has 12 heavy (non-hydrogen) atoms. The van der Waals surface area contributed by atoms with Crippen LogP contribution in [0.15, 0.2) is 31.0 Å². The molecule has 2 heterocycles. The van der Waals surface area contributed by atoms with Crippen LogP contribution in [0.4, 0.5) is 5.82 Å². The molecule has 0 fully saturated rings. The highest BCUT2D eigenvalue weighted by Gasteiger charge is 2.10. The summed E-state index contributed by atoms with van der Waals surface area (Å²) in [6.45, 7) is 0.846. The number of anilines is 1. The molecule has 4 heteroatoms. The number of hydrogen-bond acceptors (Lipinski definition) is 4. The fourth-order valence-corrected chi connectivity index (χ4v) is 1.12. The second-order valence-corrected chi connectivity index (χ2v) is 2.73. The maximum atomic E-state index is 4.18. The van der Waals surface area contributed by atoms with Crippen LogP contribution in [-0.4, -0.2) is 28.6 Å². The molecule has 0 saturated heterocycles. The van der Waals surface area contributed by atoms with Crippen LogP contribution in [0.1, 0.15) is 0 Å². The van der Waals surface area contributed by atoms with Gasteiger partial charge in [0.05, 0.1) is 12.9 Å². The van der Waals surface area contributed by atoms with E-state index in [9.17, 15) is 0 Å². The fourth-order valence-electron chi connectivity index (χ4n) is 1.12. The van der Waals surface area contributed by atoms with Crippen LogP contribution < -0.4 is 4.90 Å². The predicted molar refractivity (Wildman–Crippen MR) is 46.3 cm³/mol. The van der Waals surface area contributed by atoms with Crippen molar-refractivity contribution in [1.82, 2.24) is 14.9 Å². The van der Waals surface area contributed by atoms with Gasteiger partial charge in [0.15, 0.2) is 5.82 Å². The lowest BCUT2D eigenvalue weighted by atomic mass is 10.6. The molecule has 0 amide bonds. The molecule has 1 aromatic rings. The van der Waals surface area contributed by atoms with Gasteiger partial charge in [0.2, 0.25) is 0 Å².